The van der Waals surface area contributed by atoms with Crippen LogP contribution < -0.4 is 0 Å². The van der Waals surface area contributed by atoms with Gasteiger partial charge in [-0.25, -0.2) is 0 Å². The first kappa shape index (κ1) is 12.3. The second kappa shape index (κ2) is 9.35. The average molecular weight is 180 g/mol. The quantitative estimate of drug-likeness (QED) is 0.378. The predicted octanol–water partition coefficient (Wildman–Crippen LogP) is 2.90. The molecule has 0 heterocycles. The van der Waals surface area contributed by atoms with Crippen molar-refractivity contribution >= 4 is 0 Å². The number of aliphatic hydroxyl groups is 1. The van der Waals surface area contributed by atoms with Crippen LogP contribution in [0.25, 0.3) is 0 Å². The molecule has 0 aliphatic heterocycles. The van der Waals surface area contributed by atoms with Crippen LogP contribution in [0.1, 0.15) is 45.4 Å². The van der Waals surface area contributed by atoms with Crippen LogP contribution in [0.3, 0.4) is 0 Å². The van der Waals surface area contributed by atoms with Gasteiger partial charge < -0.3 is 5.11 Å². The third kappa shape index (κ3) is 9.17. The second-order valence-corrected chi connectivity index (χ2v) is 3.17. The standard InChI is InChI=1S/C12H20O/c1-3-5-6-7-8-9-11-12(13)10-4-2/h4,12-13H,2-3,5-8,10H2,1H3. The summed E-state index contributed by atoms with van der Waals surface area (Å²) in [6, 6.07) is 0. The van der Waals surface area contributed by atoms with Crippen molar-refractivity contribution in [1.82, 2.24) is 0 Å². The molecular weight excluding hydrogens is 160 g/mol. The molecule has 0 aliphatic rings. The zero-order valence-electron chi connectivity index (χ0n) is 8.55. The maximum Gasteiger partial charge on any atom is 0.118 e. The molecule has 0 amide bonds. The summed E-state index contributed by atoms with van der Waals surface area (Å²) in [5, 5.41) is 9.21. The van der Waals surface area contributed by atoms with Crippen molar-refractivity contribution in [2.45, 2.75) is 51.6 Å². The van der Waals surface area contributed by atoms with E-state index in [9.17, 15) is 5.11 Å². The van der Waals surface area contributed by atoms with Gasteiger partial charge in [0.25, 0.3) is 0 Å². The lowest BCUT2D eigenvalue weighted by atomic mass is 10.1. The molecule has 1 unspecified atom stereocenters. The molecule has 0 aromatic heterocycles. The van der Waals surface area contributed by atoms with E-state index in [1.807, 2.05) is 0 Å². The van der Waals surface area contributed by atoms with Crippen LogP contribution in [0.4, 0.5) is 0 Å². The first-order valence-corrected chi connectivity index (χ1v) is 5.08. The van der Waals surface area contributed by atoms with Crippen LogP contribution in [0, 0.1) is 11.8 Å². The molecule has 1 nitrogen and oxygen atoms in total. The summed E-state index contributed by atoms with van der Waals surface area (Å²) < 4.78 is 0. The summed E-state index contributed by atoms with van der Waals surface area (Å²) >= 11 is 0. The van der Waals surface area contributed by atoms with E-state index in [1.54, 1.807) is 6.08 Å². The molecule has 1 N–H and O–H groups in total. The number of hydrogen-bond donors (Lipinski definition) is 1. The smallest absolute Gasteiger partial charge is 0.118 e. The van der Waals surface area contributed by atoms with Crippen LogP contribution in [-0.4, -0.2) is 11.2 Å². The molecule has 13 heavy (non-hydrogen) atoms. The summed E-state index contributed by atoms with van der Waals surface area (Å²) in [6.07, 6.45) is 7.61. The molecule has 0 saturated heterocycles. The van der Waals surface area contributed by atoms with Crippen molar-refractivity contribution < 1.29 is 5.11 Å². The Morgan fingerprint density at radius 2 is 2.15 bits per heavy atom. The first-order chi connectivity index (χ1) is 6.31. The highest BCUT2D eigenvalue weighted by Crippen LogP contribution is 2.01. The largest absolute Gasteiger partial charge is 0.380 e. The van der Waals surface area contributed by atoms with E-state index in [4.69, 9.17) is 0 Å². The Morgan fingerprint density at radius 1 is 1.38 bits per heavy atom. The minimum Gasteiger partial charge on any atom is -0.380 e. The Morgan fingerprint density at radius 3 is 2.77 bits per heavy atom. The third-order valence-electron chi connectivity index (χ3n) is 1.81. The van der Waals surface area contributed by atoms with Gasteiger partial charge in [-0.05, 0) is 6.42 Å². The lowest BCUT2D eigenvalue weighted by Gasteiger charge is -1.95. The van der Waals surface area contributed by atoms with Crippen LogP contribution in [0.15, 0.2) is 12.7 Å². The van der Waals surface area contributed by atoms with Crippen molar-refractivity contribution in [1.29, 1.82) is 0 Å². The van der Waals surface area contributed by atoms with Gasteiger partial charge in [-0.1, -0.05) is 38.2 Å². The lowest BCUT2D eigenvalue weighted by Crippen LogP contribution is -1.99. The van der Waals surface area contributed by atoms with Gasteiger partial charge in [-0.3, -0.25) is 0 Å². The minimum absolute atomic E-state index is 0.510. The van der Waals surface area contributed by atoms with Crippen molar-refractivity contribution in [3.63, 3.8) is 0 Å². The molecule has 74 valence electrons. The van der Waals surface area contributed by atoms with Crippen molar-refractivity contribution in [2.24, 2.45) is 0 Å². The van der Waals surface area contributed by atoms with Crippen molar-refractivity contribution in [3.8, 4) is 11.8 Å². The van der Waals surface area contributed by atoms with Gasteiger partial charge in [0, 0.05) is 12.8 Å². The summed E-state index contributed by atoms with van der Waals surface area (Å²) in [6.45, 7) is 5.74. The summed E-state index contributed by atoms with van der Waals surface area (Å²) in [7, 11) is 0. The molecule has 0 aromatic carbocycles. The topological polar surface area (TPSA) is 20.2 Å². The normalized spacial score (nSPS) is 11.5. The second-order valence-electron chi connectivity index (χ2n) is 3.17. The third-order valence-corrected chi connectivity index (χ3v) is 1.81. The van der Waals surface area contributed by atoms with E-state index >= 15 is 0 Å². The number of aliphatic hydroxyl groups excluding tert-OH is 1. The average Bonchev–Trinajstić information content (AvgIpc) is 2.11. The Bertz CT molecular complexity index is 173. The Kier molecular flexibility index (Phi) is 8.82. The molecule has 1 heteroatoms. The van der Waals surface area contributed by atoms with Crippen LogP contribution in [0.5, 0.6) is 0 Å². The monoisotopic (exact) mass is 180 g/mol. The highest BCUT2D eigenvalue weighted by molar-refractivity contribution is 5.05. The Hall–Kier alpha value is -0.740. The molecule has 0 saturated carbocycles. The predicted molar refractivity (Wildman–Crippen MR) is 57.4 cm³/mol. The highest BCUT2D eigenvalue weighted by atomic mass is 16.3. The summed E-state index contributed by atoms with van der Waals surface area (Å²) in [5.74, 6) is 5.78. The summed E-state index contributed by atoms with van der Waals surface area (Å²) in [4.78, 5) is 0. The lowest BCUT2D eigenvalue weighted by molar-refractivity contribution is 0.236. The SMILES string of the molecule is C=CCC(O)C#CCCCCCC. The zero-order chi connectivity index (χ0) is 9.94. The molecule has 0 aliphatic carbocycles. The number of hydrogen-bond acceptors (Lipinski definition) is 1. The van der Waals surface area contributed by atoms with Gasteiger partial charge in [-0.2, -0.15) is 0 Å². The maximum atomic E-state index is 9.21. The summed E-state index contributed by atoms with van der Waals surface area (Å²) in [5.41, 5.74) is 0. The fourth-order valence-electron chi connectivity index (χ4n) is 1.05. The van der Waals surface area contributed by atoms with Gasteiger partial charge >= 0.3 is 0 Å². The van der Waals surface area contributed by atoms with Crippen LogP contribution >= 0.6 is 0 Å². The molecule has 0 bridgehead atoms. The molecule has 0 aromatic rings. The van der Waals surface area contributed by atoms with Gasteiger partial charge in [-0.15, -0.1) is 12.5 Å². The Labute approximate surface area is 81.9 Å². The van der Waals surface area contributed by atoms with E-state index in [2.05, 4.69) is 25.3 Å². The van der Waals surface area contributed by atoms with Crippen molar-refractivity contribution in [2.75, 3.05) is 0 Å². The van der Waals surface area contributed by atoms with Crippen molar-refractivity contribution in [3.05, 3.63) is 12.7 Å². The molecule has 0 spiro atoms. The highest BCUT2D eigenvalue weighted by Gasteiger charge is 1.92. The van der Waals surface area contributed by atoms with Gasteiger partial charge in [0.15, 0.2) is 0 Å². The molecule has 0 radical (unpaired) electrons. The van der Waals surface area contributed by atoms with E-state index in [1.165, 1.54) is 19.3 Å². The van der Waals surface area contributed by atoms with Crippen LogP contribution in [-0.2, 0) is 0 Å². The van der Waals surface area contributed by atoms with E-state index in [0.29, 0.717) is 6.42 Å². The number of unbranched alkanes of at least 4 members (excludes halogenated alkanes) is 4. The fourth-order valence-corrected chi connectivity index (χ4v) is 1.05. The fraction of sp³-hybridized carbons (Fsp3) is 0.667. The van der Waals surface area contributed by atoms with E-state index in [-0.39, 0.29) is 0 Å². The van der Waals surface area contributed by atoms with Gasteiger partial charge in [0.2, 0.25) is 0 Å². The Balaban J connectivity index is 3.32. The van der Waals surface area contributed by atoms with Gasteiger partial charge in [0.05, 0.1) is 0 Å². The molecular formula is C12H20O. The first-order valence-electron chi connectivity index (χ1n) is 5.08. The molecule has 0 rings (SSSR count). The maximum absolute atomic E-state index is 9.21. The minimum atomic E-state index is -0.510. The molecule has 1 atom stereocenters. The number of rotatable bonds is 6. The van der Waals surface area contributed by atoms with E-state index in [0.717, 1.165) is 12.8 Å². The van der Waals surface area contributed by atoms with Crippen LogP contribution in [0.2, 0.25) is 0 Å². The zero-order valence-corrected chi connectivity index (χ0v) is 8.55. The van der Waals surface area contributed by atoms with Gasteiger partial charge in [0.1, 0.15) is 6.10 Å². The molecule has 0 fully saturated rings. The van der Waals surface area contributed by atoms with E-state index < -0.39 is 6.10 Å².